The Labute approximate surface area is 219 Å². The molecule has 0 unspecified atom stereocenters. The number of furan rings is 1. The lowest BCUT2D eigenvalue weighted by molar-refractivity contribution is 0.0697. The topological polar surface area (TPSA) is 117 Å². The van der Waals surface area contributed by atoms with E-state index in [0.29, 0.717) is 38.9 Å². The summed E-state index contributed by atoms with van der Waals surface area (Å²) in [6.07, 6.45) is 1.58. The zero-order chi connectivity index (χ0) is 26.2. The van der Waals surface area contributed by atoms with E-state index in [-0.39, 0.29) is 11.1 Å². The highest BCUT2D eigenvalue weighted by Crippen LogP contribution is 2.31. The van der Waals surface area contributed by atoms with Crippen LogP contribution in [-0.2, 0) is 0 Å². The Bertz CT molecular complexity index is 1990. The molecule has 182 valence electrons. The van der Waals surface area contributed by atoms with Crippen LogP contribution in [0, 0.1) is 11.3 Å². The van der Waals surface area contributed by atoms with E-state index >= 15 is 0 Å². The van der Waals surface area contributed by atoms with Crippen molar-refractivity contribution in [1.82, 2.24) is 4.98 Å². The van der Waals surface area contributed by atoms with Gasteiger partial charge in [-0.1, -0.05) is 42.5 Å². The third-order valence-corrected chi connectivity index (χ3v) is 6.98. The summed E-state index contributed by atoms with van der Waals surface area (Å²) < 4.78 is 11.5. The fourth-order valence-corrected chi connectivity index (χ4v) is 5.00. The first-order valence-electron chi connectivity index (χ1n) is 11.5. The van der Waals surface area contributed by atoms with Gasteiger partial charge < -0.3 is 13.9 Å². The molecule has 0 aliphatic heterocycles. The molecule has 38 heavy (non-hydrogen) atoms. The van der Waals surface area contributed by atoms with Crippen molar-refractivity contribution in [2.75, 3.05) is 0 Å². The smallest absolute Gasteiger partial charge is 0.345 e. The van der Waals surface area contributed by atoms with Crippen LogP contribution in [0.4, 0.5) is 0 Å². The molecule has 0 atom stereocenters. The van der Waals surface area contributed by atoms with Crippen LogP contribution < -0.4 is 5.63 Å². The van der Waals surface area contributed by atoms with E-state index in [4.69, 9.17) is 13.9 Å². The number of hydrogen-bond acceptors (Lipinski definition) is 7. The molecular weight excluding hydrogens is 500 g/mol. The van der Waals surface area contributed by atoms with Crippen LogP contribution >= 0.6 is 11.3 Å². The van der Waals surface area contributed by atoms with Gasteiger partial charge in [0.05, 0.1) is 22.4 Å². The number of aromatic nitrogens is 1. The Morgan fingerprint density at radius 1 is 0.974 bits per heavy atom. The molecule has 0 aliphatic carbocycles. The molecule has 6 rings (SSSR count). The maximum absolute atomic E-state index is 12.8. The van der Waals surface area contributed by atoms with Crippen molar-refractivity contribution in [3.8, 4) is 28.7 Å². The van der Waals surface area contributed by atoms with Crippen LogP contribution in [0.15, 0.2) is 97.9 Å². The zero-order valence-electron chi connectivity index (χ0n) is 19.5. The number of hydrogen-bond donors (Lipinski definition) is 1. The summed E-state index contributed by atoms with van der Waals surface area (Å²) in [7, 11) is 0. The van der Waals surface area contributed by atoms with E-state index < -0.39 is 11.6 Å². The van der Waals surface area contributed by atoms with Crippen molar-refractivity contribution in [2.45, 2.75) is 0 Å². The molecule has 3 aromatic heterocycles. The average molecular weight is 517 g/mol. The number of nitriles is 1. The number of carboxylic acid groups (broad SMARTS) is 1. The molecule has 8 heteroatoms. The molecule has 7 nitrogen and oxygen atoms in total. The predicted octanol–water partition coefficient (Wildman–Crippen LogP) is 7.09. The lowest BCUT2D eigenvalue weighted by Gasteiger charge is -2.04. The first-order valence-corrected chi connectivity index (χ1v) is 12.4. The van der Waals surface area contributed by atoms with Gasteiger partial charge in [-0.2, -0.15) is 5.26 Å². The Morgan fingerprint density at radius 2 is 1.79 bits per heavy atom. The fourth-order valence-electron chi connectivity index (χ4n) is 4.22. The van der Waals surface area contributed by atoms with Gasteiger partial charge in [0.15, 0.2) is 0 Å². The van der Waals surface area contributed by atoms with Gasteiger partial charge in [0.2, 0.25) is 0 Å². The molecule has 6 aromatic rings. The highest BCUT2D eigenvalue weighted by atomic mass is 32.1. The largest absolute Gasteiger partial charge is 0.478 e. The second-order valence-electron chi connectivity index (χ2n) is 8.44. The summed E-state index contributed by atoms with van der Waals surface area (Å²) in [4.78, 5) is 28.4. The van der Waals surface area contributed by atoms with Gasteiger partial charge in [0.25, 0.3) is 0 Å². The lowest BCUT2D eigenvalue weighted by atomic mass is 10.0. The molecule has 0 amide bonds. The number of fused-ring (bicyclic) bond motifs is 3. The Kier molecular flexibility index (Phi) is 5.68. The van der Waals surface area contributed by atoms with E-state index in [9.17, 15) is 14.9 Å². The molecule has 3 heterocycles. The van der Waals surface area contributed by atoms with Crippen LogP contribution in [0.2, 0.25) is 0 Å². The first-order chi connectivity index (χ1) is 18.5. The fraction of sp³-hybridized carbons (Fsp3) is 0. The molecule has 0 saturated carbocycles. The van der Waals surface area contributed by atoms with Crippen LogP contribution in [-0.4, -0.2) is 16.1 Å². The maximum atomic E-state index is 12.8. The Balaban J connectivity index is 1.34. The van der Waals surface area contributed by atoms with Gasteiger partial charge in [-0.3, -0.25) is 0 Å². The molecule has 0 spiro atoms. The summed E-state index contributed by atoms with van der Waals surface area (Å²) in [5.41, 5.74) is 1.90. The third kappa shape index (κ3) is 4.17. The van der Waals surface area contributed by atoms with E-state index in [1.165, 1.54) is 23.5 Å². The first kappa shape index (κ1) is 23.2. The molecular formula is C30H16N2O5S. The summed E-state index contributed by atoms with van der Waals surface area (Å²) in [6, 6.07) is 25.3. The van der Waals surface area contributed by atoms with Crippen molar-refractivity contribution >= 4 is 50.7 Å². The second kappa shape index (κ2) is 9.32. The molecule has 3 aromatic carbocycles. The molecule has 0 fully saturated rings. The zero-order valence-corrected chi connectivity index (χ0v) is 20.4. The van der Waals surface area contributed by atoms with Gasteiger partial charge >= 0.3 is 11.6 Å². The number of thiazole rings is 1. The number of aromatic carboxylic acids is 1. The highest BCUT2D eigenvalue weighted by molar-refractivity contribution is 7.11. The minimum absolute atomic E-state index is 0.181. The minimum atomic E-state index is -1.00. The van der Waals surface area contributed by atoms with Crippen molar-refractivity contribution in [3.63, 3.8) is 0 Å². The SMILES string of the molecule is N#CC(=Cc1ccc(-c2ccc(C(=O)O)cc2)o1)c1nc(-c2cc3c(ccc4ccccc43)oc2=O)cs1. The van der Waals surface area contributed by atoms with Crippen molar-refractivity contribution in [2.24, 2.45) is 0 Å². The van der Waals surface area contributed by atoms with Crippen molar-refractivity contribution in [3.05, 3.63) is 111 Å². The van der Waals surface area contributed by atoms with Gasteiger partial charge in [0.1, 0.15) is 28.2 Å². The van der Waals surface area contributed by atoms with E-state index in [0.717, 1.165) is 16.2 Å². The summed E-state index contributed by atoms with van der Waals surface area (Å²) in [5, 5.41) is 23.9. The molecule has 0 saturated heterocycles. The number of benzene rings is 3. The summed E-state index contributed by atoms with van der Waals surface area (Å²) in [6.45, 7) is 0. The lowest BCUT2D eigenvalue weighted by Crippen LogP contribution is -2.03. The maximum Gasteiger partial charge on any atom is 0.345 e. The summed E-state index contributed by atoms with van der Waals surface area (Å²) >= 11 is 1.24. The normalized spacial score (nSPS) is 11.6. The Hall–Kier alpha value is -5.26. The molecule has 0 radical (unpaired) electrons. The van der Waals surface area contributed by atoms with Crippen LogP contribution in [0.5, 0.6) is 0 Å². The predicted molar refractivity (Wildman–Crippen MR) is 146 cm³/mol. The van der Waals surface area contributed by atoms with Gasteiger partial charge in [0, 0.05) is 22.4 Å². The number of nitrogens with zero attached hydrogens (tertiary/aromatic N) is 2. The minimum Gasteiger partial charge on any atom is -0.478 e. The summed E-state index contributed by atoms with van der Waals surface area (Å²) in [5.74, 6) is -0.0329. The molecule has 1 N–H and O–H groups in total. The van der Waals surface area contributed by atoms with Crippen LogP contribution in [0.1, 0.15) is 21.1 Å². The number of rotatable bonds is 5. The van der Waals surface area contributed by atoms with Gasteiger partial charge in [-0.05, 0) is 47.2 Å². The Morgan fingerprint density at radius 3 is 2.58 bits per heavy atom. The third-order valence-electron chi connectivity index (χ3n) is 6.10. The second-order valence-corrected chi connectivity index (χ2v) is 9.30. The van der Waals surface area contributed by atoms with E-state index in [1.807, 2.05) is 30.3 Å². The van der Waals surface area contributed by atoms with Gasteiger partial charge in [-0.25, -0.2) is 14.6 Å². The van der Waals surface area contributed by atoms with Crippen LogP contribution in [0.25, 0.3) is 56.0 Å². The monoisotopic (exact) mass is 516 g/mol. The van der Waals surface area contributed by atoms with Crippen molar-refractivity contribution < 1.29 is 18.7 Å². The van der Waals surface area contributed by atoms with Crippen molar-refractivity contribution in [1.29, 1.82) is 5.26 Å². The molecule has 0 bridgehead atoms. The number of carbonyl (C=O) groups is 1. The van der Waals surface area contributed by atoms with E-state index in [1.54, 1.807) is 47.9 Å². The number of allylic oxidation sites excluding steroid dienone is 1. The van der Waals surface area contributed by atoms with Crippen LogP contribution in [0.3, 0.4) is 0 Å². The van der Waals surface area contributed by atoms with Gasteiger partial charge in [-0.15, -0.1) is 11.3 Å². The quantitative estimate of drug-likeness (QED) is 0.148. The average Bonchev–Trinajstić information content (AvgIpc) is 3.61. The molecule has 0 aliphatic rings. The highest BCUT2D eigenvalue weighted by Gasteiger charge is 2.16. The van der Waals surface area contributed by atoms with E-state index in [2.05, 4.69) is 11.1 Å². The standard InChI is InChI=1S/C30H16N2O5S/c31-15-20(13-21-10-12-26(36-21)18-5-7-19(8-6-18)29(33)34)28-32-25(16-38-28)24-14-23-22-4-2-1-3-17(22)9-11-27(23)37-30(24)35/h1-14,16H,(H,33,34). The number of carboxylic acids is 1.